The molecular weight excluding hydrogens is 270 g/mol. The van der Waals surface area contributed by atoms with Crippen LogP contribution in [0.15, 0.2) is 18.2 Å². The van der Waals surface area contributed by atoms with E-state index >= 15 is 0 Å². The Kier molecular flexibility index (Phi) is 6.29. The van der Waals surface area contributed by atoms with Crippen molar-refractivity contribution >= 4 is 0 Å². The Bertz CT molecular complexity index is 432. The number of benzene rings is 1. The smallest absolute Gasteiger partial charge is 0.161 e. The lowest BCUT2D eigenvalue weighted by Gasteiger charge is -2.25. The van der Waals surface area contributed by atoms with Crippen molar-refractivity contribution in [2.75, 3.05) is 41.1 Å². The molecular formula is C16H25NO4. The molecule has 0 radical (unpaired) electrons. The monoisotopic (exact) mass is 295 g/mol. The Labute approximate surface area is 126 Å². The van der Waals surface area contributed by atoms with Gasteiger partial charge < -0.3 is 24.3 Å². The molecule has 1 saturated heterocycles. The van der Waals surface area contributed by atoms with Crippen molar-refractivity contribution in [3.05, 3.63) is 23.8 Å². The first-order valence-electron chi connectivity index (χ1n) is 7.37. The van der Waals surface area contributed by atoms with Crippen molar-refractivity contribution in [1.82, 2.24) is 5.32 Å². The van der Waals surface area contributed by atoms with E-state index in [1.165, 1.54) is 0 Å². The summed E-state index contributed by atoms with van der Waals surface area (Å²) in [5.74, 6) is 1.47. The summed E-state index contributed by atoms with van der Waals surface area (Å²) >= 11 is 0. The second kappa shape index (κ2) is 8.22. The fourth-order valence-corrected chi connectivity index (χ4v) is 2.49. The van der Waals surface area contributed by atoms with Crippen molar-refractivity contribution in [2.24, 2.45) is 0 Å². The predicted octanol–water partition coefficient (Wildman–Crippen LogP) is 2.16. The average molecular weight is 295 g/mol. The Balaban J connectivity index is 1.99. The zero-order chi connectivity index (χ0) is 15.1. The number of likely N-dealkylation sites (N-methyl/N-ethyl adjacent to an activating group) is 1. The normalized spacial score (nSPS) is 17.5. The number of rotatable bonds is 7. The molecule has 1 aromatic carbocycles. The van der Waals surface area contributed by atoms with E-state index in [9.17, 15) is 0 Å². The lowest BCUT2D eigenvalue weighted by molar-refractivity contribution is -0.0378. The highest BCUT2D eigenvalue weighted by Crippen LogP contribution is 2.30. The molecule has 0 aromatic heterocycles. The highest BCUT2D eigenvalue weighted by Gasteiger charge is 2.18. The van der Waals surface area contributed by atoms with Gasteiger partial charge in [-0.25, -0.2) is 0 Å². The molecule has 2 rings (SSSR count). The number of hydrogen-bond donors (Lipinski definition) is 1. The maximum absolute atomic E-state index is 6.01. The number of ether oxygens (including phenoxy) is 4. The molecule has 5 nitrogen and oxygen atoms in total. The summed E-state index contributed by atoms with van der Waals surface area (Å²) in [5, 5.41) is 3.29. The van der Waals surface area contributed by atoms with Crippen LogP contribution >= 0.6 is 0 Å². The van der Waals surface area contributed by atoms with Crippen molar-refractivity contribution in [3.63, 3.8) is 0 Å². The van der Waals surface area contributed by atoms with Gasteiger partial charge in [-0.05, 0) is 37.6 Å². The largest absolute Gasteiger partial charge is 0.493 e. The van der Waals surface area contributed by atoms with Crippen LogP contribution < -0.4 is 14.8 Å². The Morgan fingerprint density at radius 3 is 2.52 bits per heavy atom. The fourth-order valence-electron chi connectivity index (χ4n) is 2.49. The van der Waals surface area contributed by atoms with Gasteiger partial charge in [0.2, 0.25) is 0 Å². The van der Waals surface area contributed by atoms with Crippen LogP contribution in [0, 0.1) is 0 Å². The van der Waals surface area contributed by atoms with E-state index in [-0.39, 0.29) is 6.04 Å². The molecule has 0 spiro atoms. The summed E-state index contributed by atoms with van der Waals surface area (Å²) in [6.45, 7) is 2.23. The van der Waals surface area contributed by atoms with E-state index in [0.717, 1.165) is 43.1 Å². The Hall–Kier alpha value is -1.30. The van der Waals surface area contributed by atoms with Crippen LogP contribution in [0.3, 0.4) is 0 Å². The molecule has 1 aliphatic heterocycles. The van der Waals surface area contributed by atoms with Gasteiger partial charge in [0.1, 0.15) is 0 Å². The molecule has 5 heteroatoms. The minimum Gasteiger partial charge on any atom is -0.493 e. The van der Waals surface area contributed by atoms with Gasteiger partial charge in [-0.1, -0.05) is 6.07 Å². The van der Waals surface area contributed by atoms with Crippen LogP contribution in [-0.2, 0) is 9.47 Å². The lowest BCUT2D eigenvalue weighted by atomic mass is 10.1. The lowest BCUT2D eigenvalue weighted by Crippen LogP contribution is -2.29. The summed E-state index contributed by atoms with van der Waals surface area (Å²) in [6, 6.07) is 6.09. The first-order chi connectivity index (χ1) is 10.3. The maximum atomic E-state index is 6.01. The highest BCUT2D eigenvalue weighted by atomic mass is 16.5. The zero-order valence-corrected chi connectivity index (χ0v) is 13.1. The Morgan fingerprint density at radius 1 is 1.19 bits per heavy atom. The van der Waals surface area contributed by atoms with Crippen molar-refractivity contribution < 1.29 is 18.9 Å². The van der Waals surface area contributed by atoms with Gasteiger partial charge >= 0.3 is 0 Å². The van der Waals surface area contributed by atoms with Crippen molar-refractivity contribution in [2.45, 2.75) is 25.0 Å². The summed E-state index contributed by atoms with van der Waals surface area (Å²) in [4.78, 5) is 0. The average Bonchev–Trinajstić information content (AvgIpc) is 2.56. The first kappa shape index (κ1) is 16.1. The van der Waals surface area contributed by atoms with Crippen LogP contribution in [0.4, 0.5) is 0 Å². The number of hydrogen-bond acceptors (Lipinski definition) is 5. The van der Waals surface area contributed by atoms with E-state index in [4.69, 9.17) is 18.9 Å². The molecule has 1 unspecified atom stereocenters. The molecule has 1 aromatic rings. The van der Waals surface area contributed by atoms with E-state index in [1.54, 1.807) is 14.2 Å². The van der Waals surface area contributed by atoms with E-state index in [2.05, 4.69) is 5.32 Å². The second-order valence-corrected chi connectivity index (χ2v) is 5.10. The zero-order valence-electron chi connectivity index (χ0n) is 13.1. The van der Waals surface area contributed by atoms with Gasteiger partial charge in [-0.3, -0.25) is 0 Å². The molecule has 118 valence electrons. The molecule has 21 heavy (non-hydrogen) atoms. The summed E-state index contributed by atoms with van der Waals surface area (Å²) in [7, 11) is 5.23. The van der Waals surface area contributed by atoms with Gasteiger partial charge in [0.05, 0.1) is 33.0 Å². The van der Waals surface area contributed by atoms with Crippen LogP contribution in [-0.4, -0.2) is 47.2 Å². The molecule has 0 aliphatic carbocycles. The topological polar surface area (TPSA) is 49.0 Å². The quantitative estimate of drug-likeness (QED) is 0.835. The molecule has 0 bridgehead atoms. The van der Waals surface area contributed by atoms with Crippen molar-refractivity contribution in [3.8, 4) is 11.5 Å². The molecule has 1 heterocycles. The van der Waals surface area contributed by atoms with E-state index in [0.29, 0.717) is 12.7 Å². The third kappa shape index (κ3) is 4.33. The van der Waals surface area contributed by atoms with Gasteiger partial charge in [0, 0.05) is 13.2 Å². The predicted molar refractivity (Wildman–Crippen MR) is 81.1 cm³/mol. The van der Waals surface area contributed by atoms with Gasteiger partial charge in [0.25, 0.3) is 0 Å². The first-order valence-corrected chi connectivity index (χ1v) is 7.37. The highest BCUT2D eigenvalue weighted by molar-refractivity contribution is 5.43. The molecule has 1 aliphatic rings. The van der Waals surface area contributed by atoms with Gasteiger partial charge in [-0.2, -0.15) is 0 Å². The number of nitrogens with one attached hydrogen (secondary N) is 1. The third-order valence-corrected chi connectivity index (χ3v) is 3.83. The Morgan fingerprint density at radius 2 is 1.90 bits per heavy atom. The minimum absolute atomic E-state index is 0.132. The third-order valence-electron chi connectivity index (χ3n) is 3.83. The molecule has 1 atom stereocenters. The van der Waals surface area contributed by atoms with Crippen LogP contribution in [0.1, 0.15) is 24.4 Å². The molecule has 1 N–H and O–H groups in total. The SMILES string of the molecule is CNC(COC1CCOCC1)c1ccc(OC)c(OC)c1. The van der Waals surface area contributed by atoms with Gasteiger partial charge in [-0.15, -0.1) is 0 Å². The van der Waals surface area contributed by atoms with E-state index < -0.39 is 0 Å². The van der Waals surface area contributed by atoms with Crippen LogP contribution in [0.2, 0.25) is 0 Å². The standard InChI is InChI=1S/C16H25NO4/c1-17-14(11-21-13-6-8-20-9-7-13)12-4-5-15(18-2)16(10-12)19-3/h4-5,10,13-14,17H,6-9,11H2,1-3H3. The number of methoxy groups -OCH3 is 2. The maximum Gasteiger partial charge on any atom is 0.161 e. The van der Waals surface area contributed by atoms with Crippen LogP contribution in [0.25, 0.3) is 0 Å². The second-order valence-electron chi connectivity index (χ2n) is 5.10. The summed E-state index contributed by atoms with van der Waals surface area (Å²) in [5.41, 5.74) is 1.13. The van der Waals surface area contributed by atoms with E-state index in [1.807, 2.05) is 25.2 Å². The molecule has 1 fully saturated rings. The van der Waals surface area contributed by atoms with Crippen LogP contribution in [0.5, 0.6) is 11.5 Å². The summed E-state index contributed by atoms with van der Waals surface area (Å²) < 4.78 is 22.0. The summed E-state index contributed by atoms with van der Waals surface area (Å²) in [6.07, 6.45) is 2.25. The fraction of sp³-hybridized carbons (Fsp3) is 0.625. The van der Waals surface area contributed by atoms with Crippen molar-refractivity contribution in [1.29, 1.82) is 0 Å². The van der Waals surface area contributed by atoms with Gasteiger partial charge in [0.15, 0.2) is 11.5 Å². The minimum atomic E-state index is 0.132. The molecule has 0 saturated carbocycles. The molecule has 0 amide bonds.